The minimum Gasteiger partial charge on any atom is -0.372 e. The quantitative estimate of drug-likeness (QED) is 0.735. The zero-order valence-corrected chi connectivity index (χ0v) is 17.7. The van der Waals surface area contributed by atoms with Crippen molar-refractivity contribution in [3.8, 4) is 0 Å². The summed E-state index contributed by atoms with van der Waals surface area (Å²) in [7, 11) is -3.69. The molecule has 1 aliphatic rings. The first kappa shape index (κ1) is 20.8. The molecule has 2 aromatic rings. The van der Waals surface area contributed by atoms with Crippen molar-refractivity contribution in [3.63, 3.8) is 0 Å². The molecular formula is C19H21Cl2N3O3S. The molecule has 0 radical (unpaired) electrons. The molecular weight excluding hydrogens is 421 g/mol. The molecule has 1 N–H and O–H groups in total. The minimum atomic E-state index is -3.69. The Bertz CT molecular complexity index is 959. The van der Waals surface area contributed by atoms with Gasteiger partial charge in [0.2, 0.25) is 15.9 Å². The number of carbonyl (C=O) groups is 1. The van der Waals surface area contributed by atoms with E-state index in [1.807, 2.05) is 24.3 Å². The summed E-state index contributed by atoms with van der Waals surface area (Å²) in [5.74, 6) is -0.453. The molecule has 1 saturated heterocycles. The minimum absolute atomic E-state index is 0.214. The van der Waals surface area contributed by atoms with E-state index in [1.54, 1.807) is 0 Å². The van der Waals surface area contributed by atoms with Crippen LogP contribution in [0.25, 0.3) is 0 Å². The Morgan fingerprint density at radius 1 is 1.07 bits per heavy atom. The smallest absolute Gasteiger partial charge is 0.245 e. The summed E-state index contributed by atoms with van der Waals surface area (Å²) in [5.41, 5.74) is 2.00. The van der Waals surface area contributed by atoms with Gasteiger partial charge < -0.3 is 10.2 Å². The molecule has 0 aromatic heterocycles. The molecule has 0 bridgehead atoms. The van der Waals surface area contributed by atoms with Gasteiger partial charge in [-0.25, -0.2) is 8.42 Å². The Morgan fingerprint density at radius 3 is 2.29 bits per heavy atom. The first-order chi connectivity index (χ1) is 13.2. The SMILES string of the molecule is CS(=O)(=O)N(CC(=O)Nc1ccc(N2CCCC2)cc1)c1ccc(Cl)c(Cl)c1. The third-order valence-corrected chi connectivity index (χ3v) is 6.38. The highest BCUT2D eigenvalue weighted by Crippen LogP contribution is 2.28. The van der Waals surface area contributed by atoms with Crippen LogP contribution >= 0.6 is 23.2 Å². The molecule has 1 amide bonds. The summed E-state index contributed by atoms with van der Waals surface area (Å²) >= 11 is 11.9. The van der Waals surface area contributed by atoms with Crippen LogP contribution in [0, 0.1) is 0 Å². The van der Waals surface area contributed by atoms with Gasteiger partial charge in [0, 0.05) is 24.5 Å². The fraction of sp³-hybridized carbons (Fsp3) is 0.316. The van der Waals surface area contributed by atoms with Crippen LogP contribution in [0.2, 0.25) is 10.0 Å². The summed E-state index contributed by atoms with van der Waals surface area (Å²) < 4.78 is 25.3. The number of nitrogens with one attached hydrogen (secondary N) is 1. The van der Waals surface area contributed by atoms with Gasteiger partial charge >= 0.3 is 0 Å². The predicted molar refractivity (Wildman–Crippen MR) is 115 cm³/mol. The normalized spacial score (nSPS) is 14.2. The van der Waals surface area contributed by atoms with Crippen LogP contribution in [0.5, 0.6) is 0 Å². The predicted octanol–water partition coefficient (Wildman–Crippen LogP) is 4.00. The molecule has 28 heavy (non-hydrogen) atoms. The number of hydrogen-bond donors (Lipinski definition) is 1. The Hall–Kier alpha value is -1.96. The second-order valence-corrected chi connectivity index (χ2v) is 9.38. The number of hydrogen-bond acceptors (Lipinski definition) is 4. The van der Waals surface area contributed by atoms with Crippen molar-refractivity contribution in [2.75, 3.05) is 40.4 Å². The fourth-order valence-electron chi connectivity index (χ4n) is 3.10. The zero-order valence-electron chi connectivity index (χ0n) is 15.4. The third kappa shape index (κ3) is 5.10. The summed E-state index contributed by atoms with van der Waals surface area (Å²) in [4.78, 5) is 14.7. The van der Waals surface area contributed by atoms with Crippen LogP contribution in [0.1, 0.15) is 12.8 Å². The Morgan fingerprint density at radius 2 is 1.71 bits per heavy atom. The number of benzene rings is 2. The van der Waals surface area contributed by atoms with Crippen molar-refractivity contribution in [1.29, 1.82) is 0 Å². The standard InChI is InChI=1S/C19H21Cl2N3O3S/c1-28(26,27)24(16-8-9-17(20)18(21)12-16)13-19(25)22-14-4-6-15(7-5-14)23-10-2-3-11-23/h4-9,12H,2-3,10-11,13H2,1H3,(H,22,25). The van der Waals surface area contributed by atoms with E-state index in [0.29, 0.717) is 10.7 Å². The van der Waals surface area contributed by atoms with Crippen molar-refractivity contribution >= 4 is 56.2 Å². The molecule has 1 fully saturated rings. The maximum atomic E-state index is 12.4. The number of halogens is 2. The van der Waals surface area contributed by atoms with Crippen molar-refractivity contribution in [2.45, 2.75) is 12.8 Å². The molecule has 2 aromatic carbocycles. The number of amides is 1. The molecule has 1 heterocycles. The van der Waals surface area contributed by atoms with E-state index < -0.39 is 15.9 Å². The second kappa shape index (κ2) is 8.59. The van der Waals surface area contributed by atoms with Crippen LogP contribution in [0.3, 0.4) is 0 Å². The maximum Gasteiger partial charge on any atom is 0.245 e. The lowest BCUT2D eigenvalue weighted by Crippen LogP contribution is -2.37. The van der Waals surface area contributed by atoms with Crippen LogP contribution < -0.4 is 14.5 Å². The largest absolute Gasteiger partial charge is 0.372 e. The Labute approximate surface area is 175 Å². The molecule has 1 aliphatic heterocycles. The van der Waals surface area contributed by atoms with E-state index in [9.17, 15) is 13.2 Å². The Kier molecular flexibility index (Phi) is 6.37. The van der Waals surface area contributed by atoms with E-state index in [0.717, 1.165) is 29.3 Å². The molecule has 6 nitrogen and oxygen atoms in total. The molecule has 0 atom stereocenters. The first-order valence-corrected chi connectivity index (χ1v) is 11.4. The van der Waals surface area contributed by atoms with Gasteiger partial charge in [-0.2, -0.15) is 0 Å². The number of nitrogens with zero attached hydrogens (tertiary/aromatic N) is 2. The van der Waals surface area contributed by atoms with Crippen molar-refractivity contribution in [2.24, 2.45) is 0 Å². The van der Waals surface area contributed by atoms with Gasteiger partial charge in [0.05, 0.1) is 22.0 Å². The summed E-state index contributed by atoms with van der Waals surface area (Å²) in [6, 6.07) is 12.0. The third-order valence-electron chi connectivity index (χ3n) is 4.50. The lowest BCUT2D eigenvalue weighted by atomic mass is 10.2. The van der Waals surface area contributed by atoms with Crippen LogP contribution in [0.4, 0.5) is 17.1 Å². The highest BCUT2D eigenvalue weighted by Gasteiger charge is 2.22. The van der Waals surface area contributed by atoms with Gasteiger partial charge in [-0.3, -0.25) is 9.10 Å². The van der Waals surface area contributed by atoms with Gasteiger partial charge in [-0.1, -0.05) is 23.2 Å². The number of sulfonamides is 1. The van der Waals surface area contributed by atoms with Gasteiger partial charge in [0.1, 0.15) is 6.54 Å². The van der Waals surface area contributed by atoms with Crippen LogP contribution in [-0.4, -0.2) is 40.2 Å². The fourth-order valence-corrected chi connectivity index (χ4v) is 4.24. The highest BCUT2D eigenvalue weighted by molar-refractivity contribution is 7.92. The van der Waals surface area contributed by atoms with E-state index in [-0.39, 0.29) is 17.3 Å². The molecule has 3 rings (SSSR count). The topological polar surface area (TPSA) is 69.7 Å². The molecule has 0 spiro atoms. The van der Waals surface area contributed by atoms with Gasteiger partial charge in [0.25, 0.3) is 0 Å². The van der Waals surface area contributed by atoms with Gasteiger partial charge in [-0.05, 0) is 55.3 Å². The molecule has 150 valence electrons. The van der Waals surface area contributed by atoms with Gasteiger partial charge in [0.15, 0.2) is 0 Å². The monoisotopic (exact) mass is 441 g/mol. The van der Waals surface area contributed by atoms with Crippen LogP contribution in [-0.2, 0) is 14.8 Å². The lowest BCUT2D eigenvalue weighted by molar-refractivity contribution is -0.114. The van der Waals surface area contributed by atoms with E-state index in [2.05, 4.69) is 10.2 Å². The second-order valence-electron chi connectivity index (χ2n) is 6.66. The first-order valence-electron chi connectivity index (χ1n) is 8.82. The van der Waals surface area contributed by atoms with E-state index in [1.165, 1.54) is 31.0 Å². The summed E-state index contributed by atoms with van der Waals surface area (Å²) in [6.07, 6.45) is 3.41. The average molecular weight is 442 g/mol. The van der Waals surface area contributed by atoms with Crippen molar-refractivity contribution < 1.29 is 13.2 Å². The summed E-state index contributed by atoms with van der Waals surface area (Å²) in [5, 5.41) is 3.26. The molecule has 0 saturated carbocycles. The number of anilines is 3. The van der Waals surface area contributed by atoms with Crippen LogP contribution in [0.15, 0.2) is 42.5 Å². The highest BCUT2D eigenvalue weighted by atomic mass is 35.5. The molecule has 9 heteroatoms. The van der Waals surface area contributed by atoms with E-state index in [4.69, 9.17) is 23.2 Å². The van der Waals surface area contributed by atoms with E-state index >= 15 is 0 Å². The summed E-state index contributed by atoms with van der Waals surface area (Å²) in [6.45, 7) is 1.71. The maximum absolute atomic E-state index is 12.4. The molecule has 0 unspecified atom stereocenters. The Balaban J connectivity index is 1.70. The van der Waals surface area contributed by atoms with Gasteiger partial charge in [-0.15, -0.1) is 0 Å². The number of carbonyl (C=O) groups excluding carboxylic acids is 1. The van der Waals surface area contributed by atoms with Crippen molar-refractivity contribution in [3.05, 3.63) is 52.5 Å². The van der Waals surface area contributed by atoms with Crippen molar-refractivity contribution in [1.82, 2.24) is 0 Å². The molecule has 0 aliphatic carbocycles. The zero-order chi connectivity index (χ0) is 20.3. The number of rotatable bonds is 6. The lowest BCUT2D eigenvalue weighted by Gasteiger charge is -2.22. The average Bonchev–Trinajstić information content (AvgIpc) is 3.16.